The van der Waals surface area contributed by atoms with Crippen molar-refractivity contribution in [2.24, 2.45) is 5.92 Å². The maximum atomic E-state index is 14.3. The van der Waals surface area contributed by atoms with E-state index >= 15 is 0 Å². The number of ether oxygens (including phenoxy) is 2. The van der Waals surface area contributed by atoms with Crippen LogP contribution in [0.3, 0.4) is 0 Å². The van der Waals surface area contributed by atoms with Gasteiger partial charge >= 0.3 is 0 Å². The molecule has 1 fully saturated rings. The lowest BCUT2D eigenvalue weighted by molar-refractivity contribution is -0.131. The van der Waals surface area contributed by atoms with E-state index in [9.17, 15) is 13.6 Å². The summed E-state index contributed by atoms with van der Waals surface area (Å²) >= 11 is 0. The number of aromatic nitrogens is 4. The Morgan fingerprint density at radius 1 is 1.24 bits per heavy atom. The minimum absolute atomic E-state index is 0.000142. The lowest BCUT2D eigenvalue weighted by Gasteiger charge is -2.38. The smallest absolute Gasteiger partial charge is 0.246 e. The highest BCUT2D eigenvalue weighted by atomic mass is 31.0. The number of likely N-dealkylation sites (tertiary alicyclic amines) is 1. The van der Waals surface area contributed by atoms with Crippen LogP contribution in [0.5, 0.6) is 11.8 Å². The highest BCUT2D eigenvalue weighted by Crippen LogP contribution is 2.33. The molecule has 1 N–H and O–H groups in total. The molecule has 1 unspecified atom stereocenters. The van der Waals surface area contributed by atoms with Crippen LogP contribution in [0.25, 0.3) is 11.6 Å². The number of piperidine rings is 1. The third-order valence-electron chi connectivity index (χ3n) is 8.57. The molecular weight excluding hydrogens is 613 g/mol. The molecule has 3 aromatic rings. The second kappa shape index (κ2) is 15.4. The fourth-order valence-corrected chi connectivity index (χ4v) is 6.21. The molecule has 1 amide bonds. The number of carbonyl (C=O) groups excluding carboxylic acids is 1. The van der Waals surface area contributed by atoms with Gasteiger partial charge in [-0.2, -0.15) is 15.0 Å². The van der Waals surface area contributed by atoms with Gasteiger partial charge in [-0.15, -0.1) is 9.24 Å². The first kappa shape index (κ1) is 35.4. The predicted molar refractivity (Wildman–Crippen MR) is 176 cm³/mol. The Hall–Kier alpha value is -3.50. The summed E-state index contributed by atoms with van der Waals surface area (Å²) in [6.07, 6.45) is 2.03. The molecule has 0 bridgehead atoms. The molecule has 4 rings (SSSR count). The minimum Gasteiger partial charge on any atom is -0.474 e. The first-order chi connectivity index (χ1) is 21.9. The normalized spacial score (nSPS) is 18.9. The average Bonchev–Trinajstić information content (AvgIpc) is 3.53. The zero-order valence-electron chi connectivity index (χ0n) is 27.4. The van der Waals surface area contributed by atoms with E-state index in [1.165, 1.54) is 18.2 Å². The second-order valence-electron chi connectivity index (χ2n) is 12.4. The zero-order valence-corrected chi connectivity index (χ0v) is 28.6. The number of halogens is 2. The largest absolute Gasteiger partial charge is 0.474 e. The van der Waals surface area contributed by atoms with Crippen LogP contribution in [0.4, 0.5) is 8.78 Å². The summed E-state index contributed by atoms with van der Waals surface area (Å²) in [5, 5.41) is 7.82. The molecule has 6 atom stereocenters. The highest BCUT2D eigenvalue weighted by molar-refractivity contribution is 7.27. The van der Waals surface area contributed by atoms with Crippen LogP contribution in [-0.4, -0.2) is 75.5 Å². The predicted octanol–water partition coefficient (Wildman–Crippen LogP) is 5.18. The van der Waals surface area contributed by atoms with Gasteiger partial charge in [-0.1, -0.05) is 31.6 Å². The van der Waals surface area contributed by atoms with Gasteiger partial charge in [0.05, 0.1) is 11.5 Å². The van der Waals surface area contributed by atoms with E-state index in [0.717, 1.165) is 11.7 Å². The topological polar surface area (TPSA) is 116 Å². The van der Waals surface area contributed by atoms with Gasteiger partial charge < -0.3 is 24.2 Å². The van der Waals surface area contributed by atoms with E-state index in [2.05, 4.69) is 41.2 Å². The fraction of sp³-hybridized carbons (Fsp3) is 0.545. The number of amides is 1. The van der Waals surface area contributed by atoms with Crippen LogP contribution in [0.15, 0.2) is 41.4 Å². The molecule has 250 valence electrons. The van der Waals surface area contributed by atoms with Crippen LogP contribution < -0.4 is 20.1 Å². The number of hydrogen-bond donors (Lipinski definition) is 1. The second-order valence-corrected chi connectivity index (χ2v) is 13.0. The summed E-state index contributed by atoms with van der Waals surface area (Å²) in [4.78, 5) is 28.0. The van der Waals surface area contributed by atoms with E-state index < -0.39 is 11.6 Å². The lowest BCUT2D eigenvalue weighted by atomic mass is 9.84. The molecule has 1 saturated heterocycles. The summed E-state index contributed by atoms with van der Waals surface area (Å²) in [5.74, 6) is 0.365. The van der Waals surface area contributed by atoms with Crippen molar-refractivity contribution in [3.05, 3.63) is 54.2 Å². The van der Waals surface area contributed by atoms with Crippen molar-refractivity contribution in [1.29, 1.82) is 0 Å². The van der Waals surface area contributed by atoms with Crippen LogP contribution >= 0.6 is 9.24 Å². The van der Waals surface area contributed by atoms with Crippen molar-refractivity contribution in [2.45, 2.75) is 90.1 Å². The molecule has 1 aliphatic heterocycles. The Bertz CT molecular complexity index is 1500. The summed E-state index contributed by atoms with van der Waals surface area (Å²) in [6.45, 7) is 14.0. The maximum absolute atomic E-state index is 14.3. The fourth-order valence-electron chi connectivity index (χ4n) is 5.67. The SMILES string of the molecule is C=CC(=O)N1CC[C@H](Oc2cc(O[C@@H](C)[C@@H](C)C[C@@H](F)CNC)nc(-c3noc(C(C)(C)c4cc(F)ccc4P)n3)n2)C[C@H]1CC. The van der Waals surface area contributed by atoms with Crippen molar-refractivity contribution >= 4 is 20.5 Å². The van der Waals surface area contributed by atoms with Gasteiger partial charge in [0.1, 0.15) is 24.2 Å². The van der Waals surface area contributed by atoms with Crippen molar-refractivity contribution in [3.63, 3.8) is 0 Å². The first-order valence-corrected chi connectivity index (χ1v) is 16.3. The summed E-state index contributed by atoms with van der Waals surface area (Å²) in [7, 11) is 4.32. The number of rotatable bonds is 14. The van der Waals surface area contributed by atoms with Gasteiger partial charge in [0, 0.05) is 32.0 Å². The van der Waals surface area contributed by atoms with E-state index in [1.54, 1.807) is 19.2 Å². The van der Waals surface area contributed by atoms with E-state index in [-0.39, 0.29) is 71.7 Å². The Morgan fingerprint density at radius 2 is 1.98 bits per heavy atom. The van der Waals surface area contributed by atoms with Gasteiger partial charge in [0.25, 0.3) is 0 Å². The van der Waals surface area contributed by atoms with Crippen molar-refractivity contribution in [3.8, 4) is 23.4 Å². The molecule has 46 heavy (non-hydrogen) atoms. The van der Waals surface area contributed by atoms with Crippen LogP contribution in [0.1, 0.15) is 71.8 Å². The molecule has 2 aromatic heterocycles. The molecule has 1 aliphatic rings. The molecule has 0 aliphatic carbocycles. The molecule has 0 spiro atoms. The van der Waals surface area contributed by atoms with E-state index in [0.29, 0.717) is 31.4 Å². The Kier molecular flexibility index (Phi) is 11.8. The summed E-state index contributed by atoms with van der Waals surface area (Å²) in [6, 6.07) is 6.12. The molecule has 3 heterocycles. The number of benzene rings is 1. The lowest BCUT2D eigenvalue weighted by Crippen LogP contribution is -2.48. The van der Waals surface area contributed by atoms with Crippen LogP contribution in [0.2, 0.25) is 0 Å². The molecular formula is C33H45F2N6O4P. The monoisotopic (exact) mass is 658 g/mol. The molecule has 0 radical (unpaired) electrons. The van der Waals surface area contributed by atoms with Gasteiger partial charge in [-0.3, -0.25) is 4.79 Å². The van der Waals surface area contributed by atoms with Gasteiger partial charge in [-0.25, -0.2) is 8.78 Å². The molecule has 13 heteroatoms. The number of hydrogen-bond acceptors (Lipinski definition) is 9. The Balaban J connectivity index is 1.64. The Morgan fingerprint density at radius 3 is 2.67 bits per heavy atom. The quantitative estimate of drug-likeness (QED) is 0.185. The van der Waals surface area contributed by atoms with Crippen molar-refractivity contribution in [2.75, 3.05) is 20.1 Å². The molecule has 10 nitrogen and oxygen atoms in total. The average molecular weight is 659 g/mol. The number of nitrogens with zero attached hydrogens (tertiary/aromatic N) is 5. The molecule has 1 aromatic carbocycles. The standard InChI is InChI=1S/C33H45F2N6O4P/c1-8-23-16-24(12-13-41(23)29(42)9-2)44-28-17-27(43-20(4)19(3)14-22(35)18-36-7)37-30(38-28)31-39-32(45-40-31)33(5,6)25-15-21(34)10-11-26(25)46/h9-11,15,17,19-20,22-24,36H,2,8,12-14,16,18,46H2,1,3-7H3/t19-,20-,22+,23+,24-/m0/s1. The van der Waals surface area contributed by atoms with Gasteiger partial charge in [0.15, 0.2) is 0 Å². The zero-order chi connectivity index (χ0) is 33.6. The number of carbonyl (C=O) groups is 1. The van der Waals surface area contributed by atoms with Gasteiger partial charge in [0.2, 0.25) is 35.2 Å². The van der Waals surface area contributed by atoms with Crippen LogP contribution in [0, 0.1) is 11.7 Å². The minimum atomic E-state index is -1.02. The van der Waals surface area contributed by atoms with Crippen molar-refractivity contribution in [1.82, 2.24) is 30.3 Å². The third kappa shape index (κ3) is 8.45. The number of alkyl halides is 1. The first-order valence-electron chi connectivity index (χ1n) is 15.7. The summed E-state index contributed by atoms with van der Waals surface area (Å²) < 4.78 is 46.8. The van der Waals surface area contributed by atoms with E-state index in [4.69, 9.17) is 14.0 Å². The van der Waals surface area contributed by atoms with Gasteiger partial charge in [-0.05, 0) is 75.7 Å². The number of nitrogens with one attached hydrogen (secondary N) is 1. The summed E-state index contributed by atoms with van der Waals surface area (Å²) in [5.41, 5.74) is -0.155. The maximum Gasteiger partial charge on any atom is 0.246 e. The van der Waals surface area contributed by atoms with E-state index in [1.807, 2.05) is 39.5 Å². The highest BCUT2D eigenvalue weighted by Gasteiger charge is 2.34. The van der Waals surface area contributed by atoms with Crippen molar-refractivity contribution < 1.29 is 27.6 Å². The molecule has 0 saturated carbocycles. The van der Waals surface area contributed by atoms with Crippen LogP contribution in [-0.2, 0) is 10.2 Å². The Labute approximate surface area is 271 Å². The third-order valence-corrected chi connectivity index (χ3v) is 9.08.